The highest BCUT2D eigenvalue weighted by atomic mass is 16.6. The van der Waals surface area contributed by atoms with E-state index in [4.69, 9.17) is 9.47 Å². The minimum Gasteiger partial charge on any atom is -0.444 e. The van der Waals surface area contributed by atoms with Crippen LogP contribution in [-0.2, 0) is 4.74 Å². The zero-order valence-electron chi connectivity index (χ0n) is 17.2. The number of piperazine rings is 1. The lowest BCUT2D eigenvalue weighted by Crippen LogP contribution is -2.50. The molecule has 0 N–H and O–H groups in total. The fourth-order valence-electron chi connectivity index (χ4n) is 3.10. The first-order valence-electron chi connectivity index (χ1n) is 9.53. The molecule has 1 fully saturated rings. The van der Waals surface area contributed by atoms with Gasteiger partial charge in [0.15, 0.2) is 5.75 Å². The Morgan fingerprint density at radius 1 is 1.00 bits per heavy atom. The van der Waals surface area contributed by atoms with Gasteiger partial charge in [-0.25, -0.2) is 14.8 Å². The van der Waals surface area contributed by atoms with Crippen LogP contribution in [0.1, 0.15) is 32.2 Å². The van der Waals surface area contributed by atoms with E-state index in [1.807, 2.05) is 65.0 Å². The minimum atomic E-state index is -0.486. The number of para-hydroxylation sites is 2. The molecule has 1 aliphatic rings. The Labute approximate surface area is 166 Å². The summed E-state index contributed by atoms with van der Waals surface area (Å²) in [7, 11) is 0. The summed E-state index contributed by atoms with van der Waals surface area (Å²) < 4.78 is 11.5. The van der Waals surface area contributed by atoms with Crippen molar-refractivity contribution in [3.05, 3.63) is 41.7 Å². The summed E-state index contributed by atoms with van der Waals surface area (Å²) in [5.74, 6) is 0.707. The second kappa shape index (κ2) is 8.04. The van der Waals surface area contributed by atoms with Crippen molar-refractivity contribution in [2.45, 2.75) is 40.2 Å². The van der Waals surface area contributed by atoms with Gasteiger partial charge >= 0.3 is 12.1 Å². The number of amides is 1. The maximum Gasteiger partial charge on any atom is 0.410 e. The average Bonchev–Trinajstić information content (AvgIpc) is 2.60. The van der Waals surface area contributed by atoms with E-state index in [1.54, 1.807) is 4.90 Å². The van der Waals surface area contributed by atoms with Gasteiger partial charge in [-0.3, -0.25) is 0 Å². The molecule has 0 bridgehead atoms. The molecule has 150 valence electrons. The van der Waals surface area contributed by atoms with Crippen molar-refractivity contribution in [1.82, 2.24) is 14.9 Å². The van der Waals surface area contributed by atoms with Crippen LogP contribution in [0, 0.1) is 13.8 Å². The third-order valence-corrected chi connectivity index (χ3v) is 4.30. The maximum absolute atomic E-state index is 12.3. The largest absolute Gasteiger partial charge is 0.444 e. The summed E-state index contributed by atoms with van der Waals surface area (Å²) in [6.45, 7) is 12.1. The zero-order valence-corrected chi connectivity index (χ0v) is 17.2. The molecule has 7 heteroatoms. The number of anilines is 1. The number of hydrogen-bond acceptors (Lipinski definition) is 6. The van der Waals surface area contributed by atoms with E-state index in [2.05, 4.69) is 14.9 Å². The third-order valence-electron chi connectivity index (χ3n) is 4.30. The molecule has 2 aromatic rings. The van der Waals surface area contributed by atoms with Crippen LogP contribution < -0.4 is 9.64 Å². The van der Waals surface area contributed by atoms with E-state index in [1.165, 1.54) is 0 Å². The molecule has 0 radical (unpaired) electrons. The van der Waals surface area contributed by atoms with Gasteiger partial charge in [-0.1, -0.05) is 12.1 Å². The Kier molecular flexibility index (Phi) is 5.72. The molecule has 1 aromatic heterocycles. The summed E-state index contributed by atoms with van der Waals surface area (Å²) in [5, 5.41) is 0. The van der Waals surface area contributed by atoms with Gasteiger partial charge in [-0.2, -0.15) is 0 Å². The average molecular weight is 384 g/mol. The van der Waals surface area contributed by atoms with Crippen LogP contribution in [0.4, 0.5) is 10.5 Å². The maximum atomic E-state index is 12.3. The van der Waals surface area contributed by atoms with Gasteiger partial charge in [0.1, 0.15) is 5.60 Å². The Morgan fingerprint density at radius 3 is 2.21 bits per heavy atom. The molecule has 0 spiro atoms. The van der Waals surface area contributed by atoms with Crippen LogP contribution in [0.5, 0.6) is 11.8 Å². The normalized spacial score (nSPS) is 14.8. The predicted octanol–water partition coefficient (Wildman–Crippen LogP) is 3.94. The van der Waals surface area contributed by atoms with E-state index in [-0.39, 0.29) is 6.09 Å². The van der Waals surface area contributed by atoms with Crippen molar-refractivity contribution in [2.24, 2.45) is 0 Å². The fraction of sp³-hybridized carbons (Fsp3) is 0.476. The molecule has 1 aromatic carbocycles. The van der Waals surface area contributed by atoms with Gasteiger partial charge in [0.05, 0.1) is 5.69 Å². The van der Waals surface area contributed by atoms with Crippen LogP contribution in [-0.4, -0.2) is 52.7 Å². The number of rotatable bonds is 3. The van der Waals surface area contributed by atoms with Gasteiger partial charge in [0.25, 0.3) is 0 Å². The van der Waals surface area contributed by atoms with Gasteiger partial charge < -0.3 is 19.3 Å². The summed E-state index contributed by atoms with van der Waals surface area (Å²) in [4.78, 5) is 25.0. The van der Waals surface area contributed by atoms with Crippen LogP contribution in [0.2, 0.25) is 0 Å². The minimum absolute atomic E-state index is 0.264. The molecule has 1 amide bonds. The molecule has 2 heterocycles. The number of hydrogen-bond donors (Lipinski definition) is 0. The smallest absolute Gasteiger partial charge is 0.410 e. The summed E-state index contributed by atoms with van der Waals surface area (Å²) in [6.07, 6.45) is -0.264. The summed E-state index contributed by atoms with van der Waals surface area (Å²) in [6, 6.07) is 10.1. The molecule has 3 rings (SSSR count). The van der Waals surface area contributed by atoms with Crippen molar-refractivity contribution < 1.29 is 14.3 Å². The quantitative estimate of drug-likeness (QED) is 0.798. The van der Waals surface area contributed by atoms with E-state index >= 15 is 0 Å². The van der Waals surface area contributed by atoms with Gasteiger partial charge in [0, 0.05) is 37.6 Å². The van der Waals surface area contributed by atoms with Crippen LogP contribution >= 0.6 is 0 Å². The first-order chi connectivity index (χ1) is 13.2. The molecular weight excluding hydrogens is 356 g/mol. The number of aromatic nitrogens is 2. The lowest BCUT2D eigenvalue weighted by atomic mass is 10.2. The first kappa shape index (κ1) is 19.9. The molecule has 0 unspecified atom stereocenters. The van der Waals surface area contributed by atoms with E-state index in [0.717, 1.165) is 17.1 Å². The SMILES string of the molecule is Cc1cc(C)nc(Oc2ccccc2N2CCN(C(=O)OC(C)(C)C)CC2)n1. The molecule has 1 aliphatic heterocycles. The molecule has 7 nitrogen and oxygen atoms in total. The Bertz CT molecular complexity index is 820. The molecular formula is C21H28N4O3. The number of ether oxygens (including phenoxy) is 2. The molecule has 1 saturated heterocycles. The van der Waals surface area contributed by atoms with Crippen molar-refractivity contribution in [2.75, 3.05) is 31.1 Å². The lowest BCUT2D eigenvalue weighted by Gasteiger charge is -2.37. The highest BCUT2D eigenvalue weighted by Gasteiger charge is 2.27. The van der Waals surface area contributed by atoms with Crippen LogP contribution in [0.3, 0.4) is 0 Å². The second-order valence-electron chi connectivity index (χ2n) is 7.96. The fourth-order valence-corrected chi connectivity index (χ4v) is 3.10. The summed E-state index contributed by atoms with van der Waals surface area (Å²) in [5.41, 5.74) is 2.21. The molecule has 0 aliphatic carbocycles. The highest BCUT2D eigenvalue weighted by molar-refractivity contribution is 5.69. The standard InChI is InChI=1S/C21H28N4O3/c1-15-14-16(2)23-19(22-15)27-18-9-7-6-8-17(18)24-10-12-25(13-11-24)20(26)28-21(3,4)5/h6-9,14H,10-13H2,1-5H3. The van der Waals surface area contributed by atoms with Gasteiger partial charge in [0.2, 0.25) is 0 Å². The molecule has 28 heavy (non-hydrogen) atoms. The third kappa shape index (κ3) is 5.12. The monoisotopic (exact) mass is 384 g/mol. The van der Waals surface area contributed by atoms with Gasteiger partial charge in [-0.15, -0.1) is 0 Å². The molecule has 0 saturated carbocycles. The number of benzene rings is 1. The van der Waals surface area contributed by atoms with E-state index in [9.17, 15) is 4.79 Å². The number of nitrogens with zero attached hydrogens (tertiary/aromatic N) is 4. The lowest BCUT2D eigenvalue weighted by molar-refractivity contribution is 0.0240. The summed E-state index contributed by atoms with van der Waals surface area (Å²) >= 11 is 0. The van der Waals surface area contributed by atoms with Crippen molar-refractivity contribution >= 4 is 11.8 Å². The van der Waals surface area contributed by atoms with Crippen LogP contribution in [0.25, 0.3) is 0 Å². The number of aryl methyl sites for hydroxylation is 2. The van der Waals surface area contributed by atoms with Crippen molar-refractivity contribution in [3.63, 3.8) is 0 Å². The Morgan fingerprint density at radius 2 is 1.61 bits per heavy atom. The number of carbonyl (C=O) groups excluding carboxylic acids is 1. The van der Waals surface area contributed by atoms with Crippen molar-refractivity contribution in [3.8, 4) is 11.8 Å². The first-order valence-corrected chi connectivity index (χ1v) is 9.53. The van der Waals surface area contributed by atoms with Gasteiger partial charge in [-0.05, 0) is 52.8 Å². The zero-order chi connectivity index (χ0) is 20.3. The van der Waals surface area contributed by atoms with E-state index in [0.29, 0.717) is 37.9 Å². The predicted molar refractivity (Wildman–Crippen MR) is 108 cm³/mol. The topological polar surface area (TPSA) is 67.8 Å². The van der Waals surface area contributed by atoms with Crippen molar-refractivity contribution in [1.29, 1.82) is 0 Å². The Hall–Kier alpha value is -2.83. The second-order valence-corrected chi connectivity index (χ2v) is 7.96. The highest BCUT2D eigenvalue weighted by Crippen LogP contribution is 2.31. The Balaban J connectivity index is 1.69. The van der Waals surface area contributed by atoms with E-state index < -0.39 is 5.60 Å². The molecule has 0 atom stereocenters. The van der Waals surface area contributed by atoms with Crippen LogP contribution in [0.15, 0.2) is 30.3 Å². The number of carbonyl (C=O) groups is 1.